The Morgan fingerprint density at radius 2 is 1.00 bits per heavy atom. The highest BCUT2D eigenvalue weighted by Crippen LogP contribution is 2.43. The number of ether oxygens (including phenoxy) is 2. The molecule has 61 heavy (non-hydrogen) atoms. The Labute approximate surface area is 365 Å². The molecule has 0 aliphatic rings. The molecule has 3 unspecified atom stereocenters. The van der Waals surface area contributed by atoms with E-state index in [1.165, 1.54) is 38.5 Å². The molecule has 15 nitrogen and oxygen atoms in total. The lowest BCUT2D eigenvalue weighted by atomic mass is 10.0. The average molecular weight is 909 g/mol. The molecule has 0 saturated heterocycles. The molecule has 0 bridgehead atoms. The molecular weight excluding hydrogens is 830 g/mol. The highest BCUT2D eigenvalue weighted by molar-refractivity contribution is 7.47. The number of carbonyl (C=O) groups excluding carboxylic acids is 2. The first-order valence-corrected chi connectivity index (χ1v) is 25.2. The Morgan fingerprint density at radius 1 is 0.525 bits per heavy atom. The lowest BCUT2D eigenvalue weighted by molar-refractivity contribution is -0.161. The Kier molecular flexibility index (Phi) is 37.9. The minimum absolute atomic E-state index is 0.0525. The number of aliphatic hydroxyl groups is 3. The molecule has 0 aromatic rings. The Balaban J connectivity index is 4.77. The van der Waals surface area contributed by atoms with Gasteiger partial charge in [-0.25, -0.2) is 9.13 Å². The van der Waals surface area contributed by atoms with Gasteiger partial charge in [0.1, 0.15) is 12.7 Å². The number of aliphatic hydroxyl groups excluding tert-OH is 3. The number of carbonyl (C=O) groups is 2. The van der Waals surface area contributed by atoms with Gasteiger partial charge in [0.2, 0.25) is 0 Å². The van der Waals surface area contributed by atoms with E-state index in [2.05, 4.69) is 65.4 Å². The van der Waals surface area contributed by atoms with Gasteiger partial charge in [-0.15, -0.1) is 0 Å². The SMILES string of the molecule is CCCCC/C=C\C/C=C\C/C=C\CC(O)C(O)CCCC(=O)OC[C@H](COP(=O)(O)OC[C@@H](O)COP(=O)(O)O)OC(=O)CCCCCCC/C=C\C/C=C\CCCCC. The Bertz CT molecular complexity index is 1340. The summed E-state index contributed by atoms with van der Waals surface area (Å²) in [4.78, 5) is 52.7. The van der Waals surface area contributed by atoms with Crippen LogP contribution in [0.25, 0.3) is 0 Å². The third-order valence-corrected chi connectivity index (χ3v) is 10.5. The largest absolute Gasteiger partial charge is 0.472 e. The molecule has 0 radical (unpaired) electrons. The zero-order valence-corrected chi connectivity index (χ0v) is 38.5. The van der Waals surface area contributed by atoms with Gasteiger partial charge in [-0.05, 0) is 83.5 Å². The third kappa shape index (κ3) is 41.5. The maximum Gasteiger partial charge on any atom is 0.472 e. The van der Waals surface area contributed by atoms with E-state index in [9.17, 15) is 38.9 Å². The summed E-state index contributed by atoms with van der Waals surface area (Å²) in [5, 5.41) is 30.4. The number of unbranched alkanes of at least 4 members (excludes halogenated alkanes) is 11. The first-order valence-electron chi connectivity index (χ1n) is 22.1. The van der Waals surface area contributed by atoms with Gasteiger partial charge in [0.25, 0.3) is 0 Å². The number of hydrogen-bond donors (Lipinski definition) is 6. The zero-order valence-electron chi connectivity index (χ0n) is 36.7. The number of allylic oxidation sites excluding steroid dienone is 9. The van der Waals surface area contributed by atoms with E-state index in [0.29, 0.717) is 12.8 Å². The maximum atomic E-state index is 12.7. The number of esters is 2. The summed E-state index contributed by atoms with van der Waals surface area (Å²) in [6, 6.07) is 0. The third-order valence-electron chi connectivity index (χ3n) is 9.07. The van der Waals surface area contributed by atoms with Crippen LogP contribution in [0.15, 0.2) is 60.8 Å². The summed E-state index contributed by atoms with van der Waals surface area (Å²) in [6.45, 7) is 1.35. The fourth-order valence-electron chi connectivity index (χ4n) is 5.54. The molecule has 6 N–H and O–H groups in total. The molecule has 354 valence electrons. The number of hydrogen-bond acceptors (Lipinski definition) is 12. The molecule has 0 aliphatic carbocycles. The highest BCUT2D eigenvalue weighted by atomic mass is 31.2. The normalized spacial score (nSPS) is 15.6. The van der Waals surface area contributed by atoms with Crippen LogP contribution in [0.2, 0.25) is 0 Å². The summed E-state index contributed by atoms with van der Waals surface area (Å²) >= 11 is 0. The lowest BCUT2D eigenvalue weighted by Gasteiger charge is -2.20. The van der Waals surface area contributed by atoms with Crippen molar-refractivity contribution in [3.8, 4) is 0 Å². The van der Waals surface area contributed by atoms with Crippen molar-refractivity contribution in [3.63, 3.8) is 0 Å². The van der Waals surface area contributed by atoms with Crippen LogP contribution >= 0.6 is 15.6 Å². The van der Waals surface area contributed by atoms with Crippen molar-refractivity contribution in [1.82, 2.24) is 0 Å². The van der Waals surface area contributed by atoms with E-state index >= 15 is 0 Å². The van der Waals surface area contributed by atoms with Crippen LogP contribution in [0.3, 0.4) is 0 Å². The summed E-state index contributed by atoms with van der Waals surface area (Å²) in [7, 11) is -9.78. The molecule has 0 fully saturated rings. The van der Waals surface area contributed by atoms with Gasteiger partial charge in [-0.3, -0.25) is 23.2 Å². The maximum absolute atomic E-state index is 12.7. The molecule has 5 atom stereocenters. The predicted molar refractivity (Wildman–Crippen MR) is 237 cm³/mol. The van der Waals surface area contributed by atoms with Crippen LogP contribution in [0.5, 0.6) is 0 Å². The molecule has 0 aliphatic heterocycles. The van der Waals surface area contributed by atoms with Crippen LogP contribution in [0.4, 0.5) is 0 Å². The predicted octanol–water partition coefficient (Wildman–Crippen LogP) is 9.17. The number of phosphoric acid groups is 2. The van der Waals surface area contributed by atoms with E-state index < -0.39 is 78.4 Å². The van der Waals surface area contributed by atoms with Crippen molar-refractivity contribution in [1.29, 1.82) is 0 Å². The monoisotopic (exact) mass is 908 g/mol. The van der Waals surface area contributed by atoms with Crippen LogP contribution in [-0.2, 0) is 41.8 Å². The van der Waals surface area contributed by atoms with Gasteiger partial charge in [0.05, 0.1) is 32.0 Å². The molecule has 0 aromatic carbocycles. The van der Waals surface area contributed by atoms with Crippen LogP contribution in [-0.4, -0.2) is 92.8 Å². The van der Waals surface area contributed by atoms with Crippen molar-refractivity contribution in [2.75, 3.05) is 26.4 Å². The molecule has 0 aromatic heterocycles. The summed E-state index contributed by atoms with van der Waals surface area (Å²) in [5.74, 6) is -1.34. The van der Waals surface area contributed by atoms with E-state index in [0.717, 1.165) is 57.8 Å². The van der Waals surface area contributed by atoms with Gasteiger partial charge < -0.3 is 39.5 Å². The molecule has 17 heteroatoms. The minimum Gasteiger partial charge on any atom is -0.462 e. The smallest absolute Gasteiger partial charge is 0.462 e. The van der Waals surface area contributed by atoms with Gasteiger partial charge in [0, 0.05) is 12.8 Å². The fourth-order valence-corrected chi connectivity index (χ4v) is 6.69. The topological polar surface area (TPSA) is 236 Å². The van der Waals surface area contributed by atoms with Gasteiger partial charge in [-0.2, -0.15) is 0 Å². The van der Waals surface area contributed by atoms with E-state index in [1.54, 1.807) is 6.08 Å². The number of phosphoric ester groups is 2. The van der Waals surface area contributed by atoms with E-state index in [1.807, 2.05) is 12.2 Å². The van der Waals surface area contributed by atoms with Crippen molar-refractivity contribution >= 4 is 27.6 Å². The lowest BCUT2D eigenvalue weighted by Crippen LogP contribution is -2.30. The average Bonchev–Trinajstić information content (AvgIpc) is 3.21. The van der Waals surface area contributed by atoms with Gasteiger partial charge in [0.15, 0.2) is 6.10 Å². The van der Waals surface area contributed by atoms with Crippen molar-refractivity contribution < 1.29 is 71.8 Å². The van der Waals surface area contributed by atoms with E-state index in [-0.39, 0.29) is 32.1 Å². The van der Waals surface area contributed by atoms with Crippen molar-refractivity contribution in [2.24, 2.45) is 0 Å². The van der Waals surface area contributed by atoms with Crippen LogP contribution in [0, 0.1) is 0 Å². The van der Waals surface area contributed by atoms with Crippen LogP contribution < -0.4 is 0 Å². The first-order chi connectivity index (χ1) is 29.2. The molecule has 0 amide bonds. The van der Waals surface area contributed by atoms with Crippen molar-refractivity contribution in [2.45, 2.75) is 180 Å². The van der Waals surface area contributed by atoms with E-state index in [4.69, 9.17) is 23.8 Å². The van der Waals surface area contributed by atoms with Crippen LogP contribution in [0.1, 0.15) is 155 Å². The second-order valence-electron chi connectivity index (χ2n) is 14.9. The Hall–Kier alpha value is -2.26. The quantitative estimate of drug-likeness (QED) is 0.0145. The summed E-state index contributed by atoms with van der Waals surface area (Å²) < 4.78 is 47.6. The summed E-state index contributed by atoms with van der Waals surface area (Å²) in [6.07, 6.45) is 33.8. The standard InChI is InChI=1S/C44H78O15P2/c1-3-5-7-9-11-13-15-17-18-19-21-23-25-27-29-33-44(49)59-40(38-58-61(53,54)57-36-39(45)35-56-60(50,51)52)37-55-43(48)34-30-32-42(47)41(46)31-28-26-24-22-20-16-14-12-10-8-6-4-2/h11-14,17-18,20,22,26,28,39-42,45-47H,3-10,15-16,19,21,23-25,27,29-38H2,1-2H3,(H,53,54)(H2,50,51,52)/b13-11-,14-12-,18-17-,22-20-,28-26-/t39-,40+,41?,42?/m0/s1. The molecule has 0 saturated carbocycles. The second-order valence-corrected chi connectivity index (χ2v) is 17.6. The molecular formula is C44H78O15P2. The molecule has 0 spiro atoms. The summed E-state index contributed by atoms with van der Waals surface area (Å²) in [5.41, 5.74) is 0. The van der Waals surface area contributed by atoms with Gasteiger partial charge in [-0.1, -0.05) is 120 Å². The fraction of sp³-hybridized carbons (Fsp3) is 0.727. The second kappa shape index (κ2) is 39.3. The van der Waals surface area contributed by atoms with Crippen molar-refractivity contribution in [3.05, 3.63) is 60.8 Å². The first kappa shape index (κ1) is 58.7. The van der Waals surface area contributed by atoms with Gasteiger partial charge >= 0.3 is 27.6 Å². The zero-order chi connectivity index (χ0) is 45.5. The highest BCUT2D eigenvalue weighted by Gasteiger charge is 2.28. The molecule has 0 rings (SSSR count). The molecule has 0 heterocycles. The minimum atomic E-state index is -4.90. The Morgan fingerprint density at radius 3 is 1.57 bits per heavy atom. The number of rotatable bonds is 41.